The van der Waals surface area contributed by atoms with Crippen molar-refractivity contribution in [1.82, 2.24) is 0 Å². The van der Waals surface area contributed by atoms with Gasteiger partial charge in [0.2, 0.25) is 0 Å². The van der Waals surface area contributed by atoms with Gasteiger partial charge in [0.15, 0.2) is 9.84 Å². The first-order valence-electron chi connectivity index (χ1n) is 3.91. The first-order valence-corrected chi connectivity index (χ1v) is 6.54. The van der Waals surface area contributed by atoms with E-state index < -0.39 is 16.2 Å². The molecule has 0 aliphatic heterocycles. The second-order valence-corrected chi connectivity index (χ2v) is 5.68. The zero-order valence-electron chi connectivity index (χ0n) is 7.98. The van der Waals surface area contributed by atoms with Crippen LogP contribution in [0.15, 0.2) is 34.1 Å². The highest BCUT2D eigenvalue weighted by molar-refractivity contribution is 7.94. The SMILES string of the molecule is CS(=O)(=O)c1ccc(SOC(F)(F)F)cc1. The summed E-state index contributed by atoms with van der Waals surface area (Å²) in [4.78, 5) is 0.216. The van der Waals surface area contributed by atoms with E-state index in [2.05, 4.69) is 4.18 Å². The van der Waals surface area contributed by atoms with Gasteiger partial charge in [0.25, 0.3) is 0 Å². The number of alkyl halides is 3. The number of benzene rings is 1. The summed E-state index contributed by atoms with van der Waals surface area (Å²) in [6.07, 6.45) is -3.71. The minimum absolute atomic E-state index is 0.0452. The molecular weight excluding hydrogens is 265 g/mol. The third kappa shape index (κ3) is 4.42. The van der Waals surface area contributed by atoms with E-state index in [1.165, 1.54) is 24.3 Å². The molecule has 0 saturated carbocycles. The molecule has 90 valence electrons. The van der Waals surface area contributed by atoms with Gasteiger partial charge in [-0.1, -0.05) is 0 Å². The fourth-order valence-corrected chi connectivity index (χ4v) is 1.91. The minimum atomic E-state index is -4.72. The standard InChI is InChI=1S/C8H7F3O3S2/c1-16(12,13)7-4-2-6(3-5-7)15-14-8(9,10)11/h2-5H,1H3. The van der Waals surface area contributed by atoms with Crippen LogP contribution in [0.3, 0.4) is 0 Å². The van der Waals surface area contributed by atoms with Crippen molar-refractivity contribution >= 4 is 21.9 Å². The van der Waals surface area contributed by atoms with Gasteiger partial charge in [-0.15, -0.1) is 13.2 Å². The highest BCUT2D eigenvalue weighted by Crippen LogP contribution is 2.29. The second kappa shape index (κ2) is 4.64. The largest absolute Gasteiger partial charge is 0.533 e. The van der Waals surface area contributed by atoms with Gasteiger partial charge < -0.3 is 0 Å². The van der Waals surface area contributed by atoms with Crippen LogP contribution >= 0.6 is 12.0 Å². The van der Waals surface area contributed by atoms with Crippen molar-refractivity contribution in [3.8, 4) is 0 Å². The van der Waals surface area contributed by atoms with Crippen LogP contribution in [0, 0.1) is 0 Å². The molecule has 0 unspecified atom stereocenters. The smallest absolute Gasteiger partial charge is 0.224 e. The lowest BCUT2D eigenvalue weighted by atomic mass is 10.4. The van der Waals surface area contributed by atoms with Crippen molar-refractivity contribution in [2.75, 3.05) is 6.26 Å². The van der Waals surface area contributed by atoms with Crippen LogP contribution in [-0.4, -0.2) is 21.0 Å². The molecule has 0 atom stereocenters. The maximum Gasteiger partial charge on any atom is 0.533 e. The second-order valence-electron chi connectivity index (χ2n) is 2.86. The molecule has 0 aromatic heterocycles. The van der Waals surface area contributed by atoms with E-state index in [1.807, 2.05) is 0 Å². The van der Waals surface area contributed by atoms with E-state index in [9.17, 15) is 21.6 Å². The Bertz CT molecular complexity index is 450. The van der Waals surface area contributed by atoms with Crippen LogP contribution < -0.4 is 0 Å². The summed E-state index contributed by atoms with van der Waals surface area (Å²) >= 11 is 0.127. The predicted octanol–water partition coefficient (Wildman–Crippen LogP) is 2.63. The summed E-state index contributed by atoms with van der Waals surface area (Å²) in [5, 5.41) is 0. The number of hydrogen-bond donors (Lipinski definition) is 0. The van der Waals surface area contributed by atoms with E-state index in [0.29, 0.717) is 0 Å². The molecule has 0 aliphatic carbocycles. The normalized spacial score (nSPS) is 12.8. The predicted molar refractivity (Wildman–Crippen MR) is 52.5 cm³/mol. The lowest BCUT2D eigenvalue weighted by molar-refractivity contribution is -0.266. The monoisotopic (exact) mass is 272 g/mol. The first-order chi connectivity index (χ1) is 7.18. The van der Waals surface area contributed by atoms with Gasteiger partial charge in [-0.3, -0.25) is 0 Å². The van der Waals surface area contributed by atoms with E-state index in [4.69, 9.17) is 0 Å². The third-order valence-corrected chi connectivity index (χ3v) is 3.35. The molecule has 0 saturated heterocycles. The summed E-state index contributed by atoms with van der Waals surface area (Å²) in [6, 6.07) is 4.92. The lowest BCUT2D eigenvalue weighted by Crippen LogP contribution is -2.07. The molecule has 0 heterocycles. The number of rotatable bonds is 3. The van der Waals surface area contributed by atoms with Gasteiger partial charge >= 0.3 is 6.36 Å². The molecule has 0 fully saturated rings. The Hall–Kier alpha value is -0.730. The lowest BCUT2D eigenvalue weighted by Gasteiger charge is -2.05. The zero-order chi connectivity index (χ0) is 12.4. The maximum atomic E-state index is 11.7. The van der Waals surface area contributed by atoms with Gasteiger partial charge in [0, 0.05) is 23.2 Å². The zero-order valence-corrected chi connectivity index (χ0v) is 9.62. The molecule has 0 spiro atoms. The fourth-order valence-electron chi connectivity index (χ4n) is 0.838. The Labute approximate surface area is 94.7 Å². The van der Waals surface area contributed by atoms with Crippen molar-refractivity contribution in [2.45, 2.75) is 16.2 Å². The van der Waals surface area contributed by atoms with Crippen molar-refractivity contribution in [1.29, 1.82) is 0 Å². The molecule has 0 aliphatic rings. The average molecular weight is 272 g/mol. The summed E-state index contributed by atoms with van der Waals surface area (Å²) in [7, 11) is -3.34. The Balaban J connectivity index is 2.73. The quantitative estimate of drug-likeness (QED) is 0.793. The fraction of sp³-hybridized carbons (Fsp3) is 0.250. The van der Waals surface area contributed by atoms with Crippen molar-refractivity contribution in [3.05, 3.63) is 24.3 Å². The maximum absolute atomic E-state index is 11.7. The topological polar surface area (TPSA) is 43.4 Å². The summed E-state index contributed by atoms with van der Waals surface area (Å²) in [5.74, 6) is 0. The highest BCUT2D eigenvalue weighted by atomic mass is 32.2. The molecule has 8 heteroatoms. The summed E-state index contributed by atoms with van der Waals surface area (Å²) in [6.45, 7) is 0. The molecule has 0 N–H and O–H groups in total. The van der Waals surface area contributed by atoms with Crippen LogP contribution in [-0.2, 0) is 14.0 Å². The Kier molecular flexibility index (Phi) is 3.87. The molecule has 0 bridgehead atoms. The Morgan fingerprint density at radius 1 is 1.19 bits per heavy atom. The van der Waals surface area contributed by atoms with Crippen molar-refractivity contribution < 1.29 is 25.8 Å². The van der Waals surface area contributed by atoms with Crippen molar-refractivity contribution in [2.24, 2.45) is 0 Å². The van der Waals surface area contributed by atoms with Gasteiger partial charge in [-0.05, 0) is 24.3 Å². The molecule has 0 radical (unpaired) electrons. The summed E-state index contributed by atoms with van der Waals surface area (Å²) in [5.41, 5.74) is 0. The molecule has 16 heavy (non-hydrogen) atoms. The molecule has 1 rings (SSSR count). The number of hydrogen-bond acceptors (Lipinski definition) is 4. The van der Waals surface area contributed by atoms with Crippen LogP contribution in [0.2, 0.25) is 0 Å². The number of halogens is 3. The van der Waals surface area contributed by atoms with Crippen LogP contribution in [0.4, 0.5) is 13.2 Å². The van der Waals surface area contributed by atoms with E-state index in [0.717, 1.165) is 6.26 Å². The molecule has 3 nitrogen and oxygen atoms in total. The highest BCUT2D eigenvalue weighted by Gasteiger charge is 2.30. The van der Waals surface area contributed by atoms with E-state index in [-0.39, 0.29) is 21.8 Å². The van der Waals surface area contributed by atoms with E-state index in [1.54, 1.807) is 0 Å². The van der Waals surface area contributed by atoms with Gasteiger partial charge in [-0.25, -0.2) is 12.6 Å². The Morgan fingerprint density at radius 3 is 2.06 bits per heavy atom. The first kappa shape index (κ1) is 13.3. The van der Waals surface area contributed by atoms with Crippen LogP contribution in [0.1, 0.15) is 0 Å². The molecule has 1 aromatic rings. The molecule has 1 aromatic carbocycles. The third-order valence-electron chi connectivity index (χ3n) is 1.48. The number of sulfone groups is 1. The van der Waals surface area contributed by atoms with Gasteiger partial charge in [0.1, 0.15) is 0 Å². The van der Waals surface area contributed by atoms with E-state index >= 15 is 0 Å². The average Bonchev–Trinajstić information content (AvgIpc) is 2.13. The van der Waals surface area contributed by atoms with Gasteiger partial charge in [0.05, 0.1) is 4.90 Å². The Morgan fingerprint density at radius 2 is 1.69 bits per heavy atom. The molecular formula is C8H7F3O3S2. The minimum Gasteiger partial charge on any atom is -0.224 e. The molecule has 0 amide bonds. The van der Waals surface area contributed by atoms with Crippen LogP contribution in [0.25, 0.3) is 0 Å². The van der Waals surface area contributed by atoms with Crippen molar-refractivity contribution in [3.63, 3.8) is 0 Å². The van der Waals surface area contributed by atoms with Gasteiger partial charge in [-0.2, -0.15) is 0 Å². The van der Waals surface area contributed by atoms with Crippen LogP contribution in [0.5, 0.6) is 0 Å². The summed E-state index contributed by atoms with van der Waals surface area (Å²) < 4.78 is 60.6.